The number of rotatable bonds is 4. The highest BCUT2D eigenvalue weighted by Crippen LogP contribution is 2.25. The van der Waals surface area contributed by atoms with Gasteiger partial charge in [0.1, 0.15) is 0 Å². The molecule has 104 valence electrons. The van der Waals surface area contributed by atoms with E-state index in [1.54, 1.807) is 6.07 Å². The first-order valence-electron chi connectivity index (χ1n) is 6.72. The van der Waals surface area contributed by atoms with Crippen molar-refractivity contribution in [3.63, 3.8) is 0 Å². The molecule has 5 heteroatoms. The number of nitrogens with two attached hydrogens (primary N) is 1. The van der Waals surface area contributed by atoms with Crippen LogP contribution in [0, 0.1) is 0 Å². The number of amides is 1. The summed E-state index contributed by atoms with van der Waals surface area (Å²) in [6.07, 6.45) is 2.43. The number of thioether (sulfide) groups is 1. The first-order chi connectivity index (χ1) is 9.20. The van der Waals surface area contributed by atoms with Crippen molar-refractivity contribution in [1.82, 2.24) is 5.32 Å². The third kappa shape index (κ3) is 3.80. The third-order valence-corrected chi connectivity index (χ3v) is 4.39. The predicted molar refractivity (Wildman–Crippen MR) is 82.8 cm³/mol. The Morgan fingerprint density at radius 3 is 3.00 bits per heavy atom. The van der Waals surface area contributed by atoms with Crippen molar-refractivity contribution in [2.45, 2.75) is 25.8 Å². The molecular weight excluding hydrogens is 258 g/mol. The van der Waals surface area contributed by atoms with Gasteiger partial charge < -0.3 is 16.4 Å². The molecule has 1 aromatic rings. The van der Waals surface area contributed by atoms with Gasteiger partial charge in [0.25, 0.3) is 5.91 Å². The minimum absolute atomic E-state index is 0.0750. The highest BCUT2D eigenvalue weighted by Gasteiger charge is 2.15. The zero-order chi connectivity index (χ0) is 13.7. The molecule has 19 heavy (non-hydrogen) atoms. The van der Waals surface area contributed by atoms with Gasteiger partial charge in [-0.1, -0.05) is 0 Å². The van der Waals surface area contributed by atoms with E-state index in [1.165, 1.54) is 18.6 Å². The summed E-state index contributed by atoms with van der Waals surface area (Å²) in [7, 11) is 0. The lowest BCUT2D eigenvalue weighted by molar-refractivity contribution is 0.0956. The summed E-state index contributed by atoms with van der Waals surface area (Å²) in [6.45, 7) is 2.52. The predicted octanol–water partition coefficient (Wildman–Crippen LogP) is 2.33. The third-order valence-electron chi connectivity index (χ3n) is 3.17. The van der Waals surface area contributed by atoms with Crippen LogP contribution in [0.2, 0.25) is 0 Å². The molecule has 0 bridgehead atoms. The molecule has 1 aliphatic heterocycles. The quantitative estimate of drug-likeness (QED) is 0.740. The molecule has 1 fully saturated rings. The summed E-state index contributed by atoms with van der Waals surface area (Å²) in [5.41, 5.74) is 8.21. The monoisotopic (exact) mass is 279 g/mol. The Labute approximate surface area is 118 Å². The molecular formula is C14H21N3OS. The van der Waals surface area contributed by atoms with Gasteiger partial charge in [-0.2, -0.15) is 11.8 Å². The molecule has 1 aromatic carbocycles. The molecule has 4 nitrogen and oxygen atoms in total. The van der Waals surface area contributed by atoms with Gasteiger partial charge in [-0.05, 0) is 43.7 Å². The molecule has 0 spiro atoms. The van der Waals surface area contributed by atoms with E-state index in [1.807, 2.05) is 30.8 Å². The molecule has 1 unspecified atom stereocenters. The van der Waals surface area contributed by atoms with Crippen molar-refractivity contribution in [2.75, 3.05) is 29.1 Å². The lowest BCUT2D eigenvalue weighted by atomic mass is 10.1. The van der Waals surface area contributed by atoms with Crippen LogP contribution in [0.3, 0.4) is 0 Å². The summed E-state index contributed by atoms with van der Waals surface area (Å²) in [4.78, 5) is 11.7. The number of carbonyl (C=O) groups is 1. The Kier molecular flexibility index (Phi) is 4.96. The summed E-state index contributed by atoms with van der Waals surface area (Å²) < 4.78 is 0. The molecule has 0 radical (unpaired) electrons. The van der Waals surface area contributed by atoms with Crippen LogP contribution in [0.15, 0.2) is 18.2 Å². The average Bonchev–Trinajstić information content (AvgIpc) is 2.42. The largest absolute Gasteiger partial charge is 0.397 e. The standard InChI is InChI=1S/C14H21N3OS/c1-2-16-14(18)10-5-6-13(12(15)8-10)17-11-4-3-7-19-9-11/h5-6,8,11,17H,2-4,7,9,15H2,1H3,(H,16,18). The van der Waals surface area contributed by atoms with Gasteiger partial charge in [-0.3, -0.25) is 4.79 Å². The van der Waals surface area contributed by atoms with Crippen LogP contribution < -0.4 is 16.4 Å². The Bertz CT molecular complexity index is 444. The number of anilines is 2. The van der Waals surface area contributed by atoms with Crippen molar-refractivity contribution in [2.24, 2.45) is 0 Å². The first-order valence-corrected chi connectivity index (χ1v) is 7.88. The maximum absolute atomic E-state index is 11.7. The maximum Gasteiger partial charge on any atom is 0.251 e. The zero-order valence-electron chi connectivity index (χ0n) is 11.2. The molecule has 2 rings (SSSR count). The number of benzene rings is 1. The van der Waals surface area contributed by atoms with E-state index >= 15 is 0 Å². The van der Waals surface area contributed by atoms with Gasteiger partial charge in [0.15, 0.2) is 0 Å². The molecule has 0 aliphatic carbocycles. The molecule has 1 aliphatic rings. The fourth-order valence-corrected chi connectivity index (χ4v) is 3.24. The Balaban J connectivity index is 2.04. The fraction of sp³-hybridized carbons (Fsp3) is 0.500. The Morgan fingerprint density at radius 1 is 1.53 bits per heavy atom. The smallest absolute Gasteiger partial charge is 0.251 e. The average molecular weight is 279 g/mol. The minimum atomic E-state index is -0.0750. The van der Waals surface area contributed by atoms with Gasteiger partial charge in [-0.15, -0.1) is 0 Å². The lowest BCUT2D eigenvalue weighted by Gasteiger charge is -2.24. The van der Waals surface area contributed by atoms with E-state index in [4.69, 9.17) is 5.73 Å². The summed E-state index contributed by atoms with van der Waals surface area (Å²) in [6, 6.07) is 5.94. The molecule has 4 N–H and O–H groups in total. The second kappa shape index (κ2) is 6.70. The van der Waals surface area contributed by atoms with Crippen molar-refractivity contribution in [3.05, 3.63) is 23.8 Å². The Hall–Kier alpha value is -1.36. The minimum Gasteiger partial charge on any atom is -0.397 e. The summed E-state index contributed by atoms with van der Waals surface area (Å²) in [5, 5.41) is 6.24. The normalized spacial score (nSPS) is 18.9. The van der Waals surface area contributed by atoms with Crippen LogP contribution in [-0.2, 0) is 0 Å². The topological polar surface area (TPSA) is 67.2 Å². The van der Waals surface area contributed by atoms with Crippen LogP contribution in [0.1, 0.15) is 30.1 Å². The first kappa shape index (κ1) is 14.1. The van der Waals surface area contributed by atoms with Crippen molar-refractivity contribution < 1.29 is 4.79 Å². The fourth-order valence-electron chi connectivity index (χ4n) is 2.17. The van der Waals surface area contributed by atoms with E-state index in [0.717, 1.165) is 11.4 Å². The van der Waals surface area contributed by atoms with Crippen LogP contribution in [-0.4, -0.2) is 30.0 Å². The number of nitrogens with one attached hydrogen (secondary N) is 2. The second-order valence-electron chi connectivity index (χ2n) is 4.72. The maximum atomic E-state index is 11.7. The summed E-state index contributed by atoms with van der Waals surface area (Å²) >= 11 is 1.98. The van der Waals surface area contributed by atoms with Crippen molar-refractivity contribution in [1.29, 1.82) is 0 Å². The van der Waals surface area contributed by atoms with E-state index in [0.29, 0.717) is 23.8 Å². The van der Waals surface area contributed by atoms with Gasteiger partial charge in [0.2, 0.25) is 0 Å². The van der Waals surface area contributed by atoms with Crippen LogP contribution in [0.4, 0.5) is 11.4 Å². The SMILES string of the molecule is CCNC(=O)c1ccc(NC2CCCSC2)c(N)c1. The van der Waals surface area contributed by atoms with E-state index in [2.05, 4.69) is 10.6 Å². The van der Waals surface area contributed by atoms with E-state index in [-0.39, 0.29) is 5.91 Å². The number of nitrogen functional groups attached to an aromatic ring is 1. The Morgan fingerprint density at radius 2 is 2.37 bits per heavy atom. The number of hydrogen-bond acceptors (Lipinski definition) is 4. The van der Waals surface area contributed by atoms with Crippen molar-refractivity contribution in [3.8, 4) is 0 Å². The number of hydrogen-bond donors (Lipinski definition) is 3. The molecule has 0 aromatic heterocycles. The molecule has 1 saturated heterocycles. The van der Waals surface area contributed by atoms with Crippen molar-refractivity contribution >= 4 is 29.0 Å². The van der Waals surface area contributed by atoms with Crippen LogP contribution in [0.25, 0.3) is 0 Å². The van der Waals surface area contributed by atoms with E-state index < -0.39 is 0 Å². The highest BCUT2D eigenvalue weighted by atomic mass is 32.2. The molecule has 0 saturated carbocycles. The lowest BCUT2D eigenvalue weighted by Crippen LogP contribution is -2.26. The van der Waals surface area contributed by atoms with Crippen LogP contribution in [0.5, 0.6) is 0 Å². The van der Waals surface area contributed by atoms with Crippen LogP contribution >= 0.6 is 11.8 Å². The van der Waals surface area contributed by atoms with Gasteiger partial charge in [0, 0.05) is 23.9 Å². The van der Waals surface area contributed by atoms with Gasteiger partial charge >= 0.3 is 0 Å². The molecule has 1 atom stereocenters. The number of carbonyl (C=O) groups excluding carboxylic acids is 1. The zero-order valence-corrected chi connectivity index (χ0v) is 12.1. The van der Waals surface area contributed by atoms with E-state index in [9.17, 15) is 4.79 Å². The molecule has 1 amide bonds. The van der Waals surface area contributed by atoms with Gasteiger partial charge in [0.05, 0.1) is 11.4 Å². The second-order valence-corrected chi connectivity index (χ2v) is 5.87. The molecule has 1 heterocycles. The highest BCUT2D eigenvalue weighted by molar-refractivity contribution is 7.99. The van der Waals surface area contributed by atoms with Gasteiger partial charge in [-0.25, -0.2) is 0 Å². The summed E-state index contributed by atoms with van der Waals surface area (Å²) in [5.74, 6) is 2.30.